The van der Waals surface area contributed by atoms with Crippen LogP contribution in [0, 0.1) is 6.92 Å². The van der Waals surface area contributed by atoms with E-state index in [1.54, 1.807) is 29.4 Å². The van der Waals surface area contributed by atoms with E-state index in [9.17, 15) is 9.59 Å². The van der Waals surface area contributed by atoms with E-state index in [2.05, 4.69) is 11.4 Å². The molecule has 4 rings (SSSR count). The molecule has 0 radical (unpaired) electrons. The van der Waals surface area contributed by atoms with E-state index >= 15 is 0 Å². The molecule has 2 aromatic heterocycles. The Balaban J connectivity index is 1.51. The topological polar surface area (TPSA) is 59.1 Å². The van der Waals surface area contributed by atoms with Gasteiger partial charge in [0.15, 0.2) is 0 Å². The van der Waals surface area contributed by atoms with Gasteiger partial charge in [-0.2, -0.15) is 0 Å². The zero-order chi connectivity index (χ0) is 24.8. The van der Waals surface area contributed by atoms with Crippen molar-refractivity contribution >= 4 is 46.1 Å². The van der Waals surface area contributed by atoms with Crippen LogP contribution in [0.2, 0.25) is 5.02 Å². The smallest absolute Gasteiger partial charge is 0.264 e. The molecule has 0 N–H and O–H groups in total. The molecule has 0 aliphatic carbocycles. The van der Waals surface area contributed by atoms with Crippen LogP contribution in [-0.4, -0.2) is 61.6 Å². The van der Waals surface area contributed by atoms with Crippen LogP contribution in [0.15, 0.2) is 47.2 Å². The quantitative estimate of drug-likeness (QED) is 0.325. The molecule has 9 heteroatoms. The number of methoxy groups -OCH3 is 1. The number of carbonyl (C=O) groups excluding carboxylic acids is 2. The van der Waals surface area contributed by atoms with Gasteiger partial charge in [-0.05, 0) is 72.0 Å². The summed E-state index contributed by atoms with van der Waals surface area (Å²) in [6.45, 7) is 3.88. The molecule has 1 aromatic carbocycles. The summed E-state index contributed by atoms with van der Waals surface area (Å²) in [6, 6.07) is 11.1. The highest BCUT2D eigenvalue weighted by Gasteiger charge is 2.33. The fourth-order valence-corrected chi connectivity index (χ4v) is 5.96. The summed E-state index contributed by atoms with van der Waals surface area (Å²) in [6.07, 6.45) is 1.47. The third kappa shape index (κ3) is 6.25. The molecule has 1 atom stereocenters. The van der Waals surface area contributed by atoms with Crippen molar-refractivity contribution in [1.29, 1.82) is 0 Å². The molecule has 0 saturated heterocycles. The highest BCUT2D eigenvalue weighted by molar-refractivity contribution is 7.12. The number of carbonyl (C=O) groups is 2. The fraction of sp³-hybridized carbons (Fsp3) is 0.385. The highest BCUT2D eigenvalue weighted by atomic mass is 35.5. The number of hydrogen-bond donors (Lipinski definition) is 0. The predicted molar refractivity (Wildman–Crippen MR) is 141 cm³/mol. The van der Waals surface area contributed by atoms with E-state index in [4.69, 9.17) is 21.1 Å². The monoisotopic (exact) mass is 532 g/mol. The third-order valence-corrected chi connectivity index (χ3v) is 8.35. The van der Waals surface area contributed by atoms with Crippen LogP contribution in [0.4, 0.5) is 0 Å². The first-order valence-corrected chi connectivity index (χ1v) is 13.7. The molecule has 3 aromatic rings. The van der Waals surface area contributed by atoms with E-state index in [1.807, 2.05) is 41.5 Å². The number of nitrogens with zero attached hydrogens (tertiary/aromatic N) is 2. The fourth-order valence-electron chi connectivity index (χ4n) is 4.22. The van der Waals surface area contributed by atoms with Crippen LogP contribution in [0.25, 0.3) is 0 Å². The molecule has 1 unspecified atom stereocenters. The summed E-state index contributed by atoms with van der Waals surface area (Å²) in [5, 5.41) is 4.63. The number of benzene rings is 1. The first kappa shape index (κ1) is 25.7. The van der Waals surface area contributed by atoms with Crippen LogP contribution < -0.4 is 4.74 Å². The Kier molecular flexibility index (Phi) is 8.83. The Morgan fingerprint density at radius 3 is 2.80 bits per heavy atom. The standard InChI is InChI=1S/C26H29ClN2O4S2/c1-18-15-19(6-7-21(18)27)33-17-22-20-9-14-35-23(20)8-11-29(22)25(30)16-28(10-4-12-32-2)26(31)24-5-3-13-34-24/h3,5-7,9,13-15,22H,4,8,10-12,16-17H2,1-2H3. The van der Waals surface area contributed by atoms with E-state index in [0.29, 0.717) is 42.6 Å². The lowest BCUT2D eigenvalue weighted by Crippen LogP contribution is -2.48. The Bertz CT molecular complexity index is 1150. The molecule has 0 saturated carbocycles. The Morgan fingerprint density at radius 1 is 1.20 bits per heavy atom. The summed E-state index contributed by atoms with van der Waals surface area (Å²) in [7, 11) is 1.63. The van der Waals surface area contributed by atoms with Gasteiger partial charge in [-0.15, -0.1) is 22.7 Å². The van der Waals surface area contributed by atoms with Crippen LogP contribution >= 0.6 is 34.3 Å². The molecule has 0 bridgehead atoms. The lowest BCUT2D eigenvalue weighted by atomic mass is 10.0. The number of rotatable bonds is 10. The Hall–Kier alpha value is -2.39. The minimum Gasteiger partial charge on any atom is -0.491 e. The summed E-state index contributed by atoms with van der Waals surface area (Å²) >= 11 is 9.25. The molecule has 186 valence electrons. The zero-order valence-corrected chi connectivity index (χ0v) is 22.3. The molecule has 6 nitrogen and oxygen atoms in total. The van der Waals surface area contributed by atoms with Gasteiger partial charge in [0, 0.05) is 36.7 Å². The largest absolute Gasteiger partial charge is 0.491 e. The number of hydrogen-bond acceptors (Lipinski definition) is 6. The van der Waals surface area contributed by atoms with Crippen LogP contribution in [0.5, 0.6) is 5.75 Å². The van der Waals surface area contributed by atoms with E-state index in [0.717, 1.165) is 23.3 Å². The maximum Gasteiger partial charge on any atom is 0.264 e. The van der Waals surface area contributed by atoms with Gasteiger partial charge in [0.25, 0.3) is 5.91 Å². The molecule has 1 aliphatic rings. The van der Waals surface area contributed by atoms with Crippen molar-refractivity contribution in [3.63, 3.8) is 0 Å². The Morgan fingerprint density at radius 2 is 2.06 bits per heavy atom. The second-order valence-corrected chi connectivity index (χ2v) is 10.8. The molecule has 1 aliphatic heterocycles. The minimum atomic E-state index is -0.217. The van der Waals surface area contributed by atoms with Crippen molar-refractivity contribution < 1.29 is 19.1 Å². The SMILES string of the molecule is COCCCN(CC(=O)N1CCc2sccc2C1COc1ccc(Cl)c(C)c1)C(=O)c1cccs1. The first-order chi connectivity index (χ1) is 17.0. The molecular weight excluding hydrogens is 504 g/mol. The average molecular weight is 533 g/mol. The number of ether oxygens (including phenoxy) is 2. The minimum absolute atomic E-state index is 0.0243. The van der Waals surface area contributed by atoms with Gasteiger partial charge in [-0.3, -0.25) is 9.59 Å². The lowest BCUT2D eigenvalue weighted by Gasteiger charge is -2.37. The number of amides is 2. The van der Waals surface area contributed by atoms with Crippen LogP contribution in [0.1, 0.15) is 38.1 Å². The zero-order valence-electron chi connectivity index (χ0n) is 19.9. The first-order valence-electron chi connectivity index (χ1n) is 11.5. The summed E-state index contributed by atoms with van der Waals surface area (Å²) in [5.74, 6) is 0.517. The Labute approximate surface area is 219 Å². The van der Waals surface area contributed by atoms with Crippen molar-refractivity contribution in [3.05, 3.63) is 73.1 Å². The molecule has 3 heterocycles. The number of thiophene rings is 2. The second kappa shape index (κ2) is 12.0. The normalized spacial score (nSPS) is 15.1. The van der Waals surface area contributed by atoms with Crippen molar-refractivity contribution in [2.24, 2.45) is 0 Å². The number of halogens is 1. The summed E-state index contributed by atoms with van der Waals surface area (Å²) in [5.41, 5.74) is 2.06. The van der Waals surface area contributed by atoms with Crippen LogP contribution in [-0.2, 0) is 16.0 Å². The van der Waals surface area contributed by atoms with E-state index in [-0.39, 0.29) is 24.4 Å². The average Bonchev–Trinajstić information content (AvgIpc) is 3.56. The number of fused-ring (bicyclic) bond motifs is 1. The van der Waals surface area contributed by atoms with Gasteiger partial charge in [0.05, 0.1) is 10.9 Å². The van der Waals surface area contributed by atoms with Gasteiger partial charge < -0.3 is 19.3 Å². The molecular formula is C26H29ClN2O4S2. The van der Waals surface area contributed by atoms with Gasteiger partial charge in [0.1, 0.15) is 18.9 Å². The maximum absolute atomic E-state index is 13.6. The predicted octanol–water partition coefficient (Wildman–Crippen LogP) is 5.46. The van der Waals surface area contributed by atoms with Crippen molar-refractivity contribution in [2.75, 3.05) is 40.0 Å². The van der Waals surface area contributed by atoms with Crippen molar-refractivity contribution in [3.8, 4) is 5.75 Å². The molecule has 2 amide bonds. The van der Waals surface area contributed by atoms with Gasteiger partial charge in [0.2, 0.25) is 5.91 Å². The molecule has 0 spiro atoms. The molecule has 0 fully saturated rings. The van der Waals surface area contributed by atoms with E-state index in [1.165, 1.54) is 16.2 Å². The third-order valence-electron chi connectivity index (χ3n) is 6.07. The lowest BCUT2D eigenvalue weighted by molar-refractivity contribution is -0.135. The van der Waals surface area contributed by atoms with Gasteiger partial charge in [-0.25, -0.2) is 0 Å². The van der Waals surface area contributed by atoms with Gasteiger partial charge in [-0.1, -0.05) is 17.7 Å². The van der Waals surface area contributed by atoms with E-state index < -0.39 is 0 Å². The summed E-state index contributed by atoms with van der Waals surface area (Å²) < 4.78 is 11.3. The summed E-state index contributed by atoms with van der Waals surface area (Å²) in [4.78, 5) is 32.1. The maximum atomic E-state index is 13.6. The van der Waals surface area contributed by atoms with Crippen molar-refractivity contribution in [2.45, 2.75) is 25.8 Å². The number of aryl methyl sites for hydroxylation is 1. The second-order valence-electron chi connectivity index (χ2n) is 8.42. The molecule has 35 heavy (non-hydrogen) atoms. The van der Waals surface area contributed by atoms with Gasteiger partial charge >= 0.3 is 0 Å². The van der Waals surface area contributed by atoms with Crippen molar-refractivity contribution in [1.82, 2.24) is 9.80 Å². The highest BCUT2D eigenvalue weighted by Crippen LogP contribution is 2.34. The van der Waals surface area contributed by atoms with Crippen LogP contribution in [0.3, 0.4) is 0 Å².